The number of amides is 1. The lowest BCUT2D eigenvalue weighted by Gasteiger charge is -2.16. The van der Waals surface area contributed by atoms with Crippen LogP contribution in [0.5, 0.6) is 0 Å². The van der Waals surface area contributed by atoms with E-state index in [0.717, 1.165) is 0 Å². The fourth-order valence-electron chi connectivity index (χ4n) is 2.39. The quantitative estimate of drug-likeness (QED) is 0.396. The van der Waals surface area contributed by atoms with Crippen LogP contribution in [0.1, 0.15) is 24.2 Å². The average Bonchev–Trinajstić information content (AvgIpc) is 3.00. The van der Waals surface area contributed by atoms with Gasteiger partial charge >= 0.3 is 0 Å². The smallest absolute Gasteiger partial charge is 0.258 e. The number of guanidine groups is 1. The molecule has 3 rings (SSSR count). The van der Waals surface area contributed by atoms with Gasteiger partial charge in [-0.15, -0.1) is 0 Å². The molecule has 0 aliphatic heterocycles. The molecule has 0 saturated heterocycles. The van der Waals surface area contributed by atoms with Crippen molar-refractivity contribution in [1.82, 2.24) is 15.5 Å². The van der Waals surface area contributed by atoms with Gasteiger partial charge in [0.1, 0.15) is 5.82 Å². The first kappa shape index (κ1) is 19.8. The minimum atomic E-state index is -1.08. The Morgan fingerprint density at radius 1 is 1.32 bits per heavy atom. The highest BCUT2D eigenvalue weighted by Crippen LogP contribution is 2.21. The van der Waals surface area contributed by atoms with E-state index in [1.165, 1.54) is 18.2 Å². The summed E-state index contributed by atoms with van der Waals surface area (Å²) in [5, 5.41) is 23.4. The van der Waals surface area contributed by atoms with E-state index in [9.17, 15) is 14.3 Å². The van der Waals surface area contributed by atoms with Crippen LogP contribution in [-0.2, 0) is 0 Å². The molecule has 0 saturated carbocycles. The molecule has 146 valence electrons. The van der Waals surface area contributed by atoms with E-state index in [4.69, 9.17) is 11.6 Å². The van der Waals surface area contributed by atoms with Crippen molar-refractivity contribution in [3.8, 4) is 0 Å². The highest BCUT2D eigenvalue weighted by Gasteiger charge is 2.16. The molecule has 3 aromatic rings. The molecule has 0 aliphatic rings. The van der Waals surface area contributed by atoms with Gasteiger partial charge in [-0.3, -0.25) is 15.2 Å². The predicted molar refractivity (Wildman–Crippen MR) is 107 cm³/mol. The van der Waals surface area contributed by atoms with Crippen LogP contribution >= 0.6 is 11.6 Å². The molecule has 0 fully saturated rings. The van der Waals surface area contributed by atoms with E-state index in [1.54, 1.807) is 38.1 Å². The molecule has 0 aliphatic carbocycles. The molecule has 0 spiro atoms. The van der Waals surface area contributed by atoms with Gasteiger partial charge in [0.15, 0.2) is 5.82 Å². The molecule has 2 aromatic carbocycles. The number of halogens is 2. The number of H-pyrrole nitrogens is 1. The van der Waals surface area contributed by atoms with Gasteiger partial charge in [0.25, 0.3) is 5.91 Å². The molecule has 4 N–H and O–H groups in total. The van der Waals surface area contributed by atoms with Gasteiger partial charge in [0.05, 0.1) is 17.7 Å². The van der Waals surface area contributed by atoms with Crippen LogP contribution < -0.4 is 10.6 Å². The number of carbonyl (C=O) groups excluding carboxylic acids is 1. The Morgan fingerprint density at radius 2 is 2.11 bits per heavy atom. The number of aromatic nitrogens is 2. The van der Waals surface area contributed by atoms with E-state index < -0.39 is 17.3 Å². The number of rotatable bonds is 4. The van der Waals surface area contributed by atoms with Crippen molar-refractivity contribution in [3.63, 3.8) is 0 Å². The minimum absolute atomic E-state index is 0.0299. The summed E-state index contributed by atoms with van der Waals surface area (Å²) < 4.78 is 13.4. The third kappa shape index (κ3) is 5.05. The van der Waals surface area contributed by atoms with Crippen LogP contribution in [0.2, 0.25) is 5.02 Å². The highest BCUT2D eigenvalue weighted by atomic mass is 35.5. The molecular formula is C19H19ClFN5O2. The lowest BCUT2D eigenvalue weighted by atomic mass is 10.1. The van der Waals surface area contributed by atoms with Gasteiger partial charge in [-0.2, -0.15) is 5.10 Å². The second-order valence-corrected chi connectivity index (χ2v) is 7.27. The molecule has 0 unspecified atom stereocenters. The van der Waals surface area contributed by atoms with Crippen molar-refractivity contribution in [2.24, 2.45) is 4.99 Å². The van der Waals surface area contributed by atoms with Crippen molar-refractivity contribution in [3.05, 3.63) is 58.9 Å². The van der Waals surface area contributed by atoms with E-state index in [0.29, 0.717) is 27.3 Å². The van der Waals surface area contributed by atoms with Gasteiger partial charge in [-0.25, -0.2) is 9.38 Å². The monoisotopic (exact) mass is 403 g/mol. The van der Waals surface area contributed by atoms with E-state index >= 15 is 0 Å². The SMILES string of the molecule is CC(C)(O)CN=C(NC(=O)c1cccc(Cl)c1)Nc1n[nH]c2cc(F)ccc12. The Labute approximate surface area is 165 Å². The maximum atomic E-state index is 13.4. The van der Waals surface area contributed by atoms with Crippen LogP contribution in [0.4, 0.5) is 10.2 Å². The van der Waals surface area contributed by atoms with Gasteiger partial charge < -0.3 is 10.4 Å². The largest absolute Gasteiger partial charge is 0.389 e. The number of carbonyl (C=O) groups is 1. The second-order valence-electron chi connectivity index (χ2n) is 6.83. The number of aromatic amines is 1. The molecular weight excluding hydrogens is 385 g/mol. The predicted octanol–water partition coefficient (Wildman–Crippen LogP) is 3.32. The number of hydrogen-bond donors (Lipinski definition) is 4. The number of nitrogens with one attached hydrogen (secondary N) is 3. The zero-order valence-electron chi connectivity index (χ0n) is 15.3. The standard InChI is InChI=1S/C19H19ClFN5O2/c1-19(2,28)10-22-18(24-17(27)11-4-3-5-12(20)8-11)23-16-14-7-6-13(21)9-15(14)25-26-16/h3-9,28H,10H2,1-2H3,(H3,22,23,24,25,26,27). The highest BCUT2D eigenvalue weighted by molar-refractivity contribution is 6.31. The number of anilines is 1. The van der Waals surface area contributed by atoms with Crippen LogP contribution in [0, 0.1) is 5.82 Å². The van der Waals surface area contributed by atoms with Gasteiger partial charge in [0, 0.05) is 16.0 Å². The summed E-state index contributed by atoms with van der Waals surface area (Å²) in [5.41, 5.74) is -0.241. The number of fused-ring (bicyclic) bond motifs is 1. The zero-order chi connectivity index (χ0) is 20.3. The third-order valence-corrected chi connectivity index (χ3v) is 3.94. The molecule has 28 heavy (non-hydrogen) atoms. The number of aliphatic hydroxyl groups is 1. The summed E-state index contributed by atoms with van der Waals surface area (Å²) in [6, 6.07) is 10.6. The Bertz CT molecular complexity index is 1040. The van der Waals surface area contributed by atoms with E-state index in [-0.39, 0.29) is 12.5 Å². The summed E-state index contributed by atoms with van der Waals surface area (Å²) >= 11 is 5.94. The minimum Gasteiger partial charge on any atom is -0.389 e. The second kappa shape index (κ2) is 7.95. The van der Waals surface area contributed by atoms with Crippen molar-refractivity contribution in [1.29, 1.82) is 0 Å². The summed E-state index contributed by atoms with van der Waals surface area (Å²) in [6.45, 7) is 3.22. The molecule has 1 amide bonds. The Hall–Kier alpha value is -2.97. The van der Waals surface area contributed by atoms with E-state index in [2.05, 4.69) is 25.8 Å². The van der Waals surface area contributed by atoms with Crippen molar-refractivity contribution in [2.45, 2.75) is 19.4 Å². The van der Waals surface area contributed by atoms with Gasteiger partial charge in [-0.05, 0) is 50.2 Å². The fraction of sp³-hybridized carbons (Fsp3) is 0.211. The van der Waals surface area contributed by atoms with Crippen molar-refractivity contribution >= 4 is 40.2 Å². The average molecular weight is 404 g/mol. The summed E-state index contributed by atoms with van der Waals surface area (Å²) in [6.07, 6.45) is 0. The first-order chi connectivity index (χ1) is 13.2. The molecule has 0 bridgehead atoms. The molecule has 9 heteroatoms. The van der Waals surface area contributed by atoms with Crippen LogP contribution in [0.25, 0.3) is 10.9 Å². The number of benzene rings is 2. The Kier molecular flexibility index (Phi) is 5.62. The molecule has 1 heterocycles. The third-order valence-electron chi connectivity index (χ3n) is 3.70. The van der Waals surface area contributed by atoms with Crippen molar-refractivity contribution < 1.29 is 14.3 Å². The van der Waals surface area contributed by atoms with Crippen LogP contribution in [-0.4, -0.2) is 39.3 Å². The lowest BCUT2D eigenvalue weighted by molar-refractivity contribution is 0.0897. The maximum Gasteiger partial charge on any atom is 0.258 e. The number of aliphatic imine (C=N–C) groups is 1. The normalized spacial score (nSPS) is 12.2. The summed E-state index contributed by atoms with van der Waals surface area (Å²) in [4.78, 5) is 16.8. The molecule has 7 nitrogen and oxygen atoms in total. The Balaban J connectivity index is 1.87. The Morgan fingerprint density at radius 3 is 2.82 bits per heavy atom. The summed E-state index contributed by atoms with van der Waals surface area (Å²) in [5.74, 6) is -0.385. The first-order valence-electron chi connectivity index (χ1n) is 8.46. The first-order valence-corrected chi connectivity index (χ1v) is 8.83. The maximum absolute atomic E-state index is 13.4. The molecule has 0 radical (unpaired) electrons. The van der Waals surface area contributed by atoms with Gasteiger partial charge in [-0.1, -0.05) is 17.7 Å². The van der Waals surface area contributed by atoms with Crippen LogP contribution in [0.15, 0.2) is 47.5 Å². The summed E-state index contributed by atoms with van der Waals surface area (Å²) in [7, 11) is 0. The fourth-order valence-corrected chi connectivity index (χ4v) is 2.58. The number of hydrogen-bond acceptors (Lipinski definition) is 4. The molecule has 0 atom stereocenters. The van der Waals surface area contributed by atoms with Crippen molar-refractivity contribution in [2.75, 3.05) is 11.9 Å². The topological polar surface area (TPSA) is 102 Å². The lowest BCUT2D eigenvalue weighted by Crippen LogP contribution is -2.37. The van der Waals surface area contributed by atoms with Crippen LogP contribution in [0.3, 0.4) is 0 Å². The number of nitrogens with zero attached hydrogens (tertiary/aromatic N) is 2. The van der Waals surface area contributed by atoms with Gasteiger partial charge in [0.2, 0.25) is 5.96 Å². The zero-order valence-corrected chi connectivity index (χ0v) is 16.0. The molecule has 1 aromatic heterocycles. The van der Waals surface area contributed by atoms with E-state index in [1.807, 2.05) is 0 Å².